The van der Waals surface area contributed by atoms with Gasteiger partial charge in [-0.25, -0.2) is 0 Å². The van der Waals surface area contributed by atoms with Gasteiger partial charge in [-0.05, 0) is 30.6 Å². The lowest BCUT2D eigenvalue weighted by molar-refractivity contribution is -0.128. The maximum absolute atomic E-state index is 12.4. The number of nitrogens with zero attached hydrogens (tertiary/aromatic N) is 1. The first kappa shape index (κ1) is 13.5. The van der Waals surface area contributed by atoms with Crippen LogP contribution in [0.2, 0.25) is 0 Å². The van der Waals surface area contributed by atoms with Crippen LogP contribution in [0, 0.1) is 0 Å². The Hall–Kier alpha value is -1.46. The molecule has 4 nitrogen and oxygen atoms in total. The average molecular weight is 290 g/mol. The molecule has 106 valence electrons. The normalized spacial score (nSPS) is 26.1. The van der Waals surface area contributed by atoms with E-state index in [0.29, 0.717) is 18.1 Å². The zero-order valence-corrected chi connectivity index (χ0v) is 12.1. The van der Waals surface area contributed by atoms with Crippen molar-refractivity contribution in [2.24, 2.45) is 0 Å². The molecule has 2 saturated heterocycles. The molecule has 0 unspecified atom stereocenters. The maximum atomic E-state index is 12.4. The Balaban J connectivity index is 1.64. The molecule has 0 aromatic heterocycles. The maximum Gasteiger partial charge on any atom is 0.251 e. The summed E-state index contributed by atoms with van der Waals surface area (Å²) >= 11 is 5.28. The Kier molecular flexibility index (Phi) is 3.98. The summed E-state index contributed by atoms with van der Waals surface area (Å²) < 4.78 is 5.58. The van der Waals surface area contributed by atoms with Crippen molar-refractivity contribution in [3.63, 3.8) is 0 Å². The third-order valence-corrected chi connectivity index (χ3v) is 4.14. The van der Waals surface area contributed by atoms with Crippen molar-refractivity contribution in [3.05, 3.63) is 35.9 Å². The smallest absolute Gasteiger partial charge is 0.251 e. The van der Waals surface area contributed by atoms with Crippen LogP contribution in [0.1, 0.15) is 18.4 Å². The molecule has 1 amide bonds. The summed E-state index contributed by atoms with van der Waals surface area (Å²) in [6.45, 7) is 1.37. The molecule has 2 aliphatic rings. The topological polar surface area (TPSA) is 41.6 Å². The van der Waals surface area contributed by atoms with Gasteiger partial charge in [0.25, 0.3) is 5.91 Å². The van der Waals surface area contributed by atoms with Crippen LogP contribution in [0.25, 0.3) is 0 Å². The van der Waals surface area contributed by atoms with Gasteiger partial charge in [-0.3, -0.25) is 9.69 Å². The number of hydrogen-bond acceptors (Lipinski definition) is 3. The second-order valence-electron chi connectivity index (χ2n) is 5.28. The number of ether oxygens (including phenoxy) is 1. The van der Waals surface area contributed by atoms with Crippen LogP contribution in [-0.2, 0) is 16.0 Å². The van der Waals surface area contributed by atoms with Crippen LogP contribution in [0.15, 0.2) is 30.3 Å². The number of hydrogen-bond donors (Lipinski definition) is 1. The van der Waals surface area contributed by atoms with Gasteiger partial charge in [0.2, 0.25) is 0 Å². The summed E-state index contributed by atoms with van der Waals surface area (Å²) in [4.78, 5) is 14.1. The van der Waals surface area contributed by atoms with Crippen LogP contribution in [-0.4, -0.2) is 41.2 Å². The van der Waals surface area contributed by atoms with Gasteiger partial charge in [-0.15, -0.1) is 0 Å². The fourth-order valence-electron chi connectivity index (χ4n) is 2.73. The molecule has 5 heteroatoms. The first-order chi connectivity index (χ1) is 9.74. The van der Waals surface area contributed by atoms with Crippen LogP contribution < -0.4 is 5.32 Å². The summed E-state index contributed by atoms with van der Waals surface area (Å²) in [6.07, 6.45) is 2.88. The van der Waals surface area contributed by atoms with E-state index >= 15 is 0 Å². The molecule has 2 atom stereocenters. The average Bonchev–Trinajstić information content (AvgIpc) is 3.05. The standard InChI is InChI=1S/C15H18N2O2S/c18-14-13(9-11-5-2-1-3-6-11)16-15(20)17(14)10-12-7-4-8-19-12/h1-3,5-6,12-13H,4,7-10H2,(H,16,20)/t12-,13-/m0/s1. The van der Waals surface area contributed by atoms with Crippen LogP contribution in [0.3, 0.4) is 0 Å². The van der Waals surface area contributed by atoms with E-state index in [1.54, 1.807) is 4.90 Å². The SMILES string of the molecule is O=C1[C@H](Cc2ccccc2)NC(=S)N1C[C@@H]1CCCO1. The van der Waals surface area contributed by atoms with Crippen molar-refractivity contribution < 1.29 is 9.53 Å². The van der Waals surface area contributed by atoms with Crippen molar-refractivity contribution in [3.8, 4) is 0 Å². The third kappa shape index (κ3) is 2.83. The molecule has 2 fully saturated rings. The van der Waals surface area contributed by atoms with Crippen LogP contribution in [0.5, 0.6) is 0 Å². The molecular formula is C15H18N2O2S. The molecule has 1 aromatic rings. The third-order valence-electron chi connectivity index (χ3n) is 3.80. The highest BCUT2D eigenvalue weighted by atomic mass is 32.1. The molecule has 1 N–H and O–H groups in total. The Bertz CT molecular complexity index is 500. The van der Waals surface area contributed by atoms with Gasteiger partial charge in [0.1, 0.15) is 6.04 Å². The first-order valence-corrected chi connectivity index (χ1v) is 7.42. The largest absolute Gasteiger partial charge is 0.376 e. The van der Waals surface area contributed by atoms with E-state index in [1.165, 1.54) is 0 Å². The zero-order valence-electron chi connectivity index (χ0n) is 11.2. The zero-order chi connectivity index (χ0) is 13.9. The van der Waals surface area contributed by atoms with E-state index in [9.17, 15) is 4.79 Å². The second-order valence-corrected chi connectivity index (χ2v) is 5.66. The van der Waals surface area contributed by atoms with E-state index < -0.39 is 0 Å². The molecule has 2 heterocycles. The Morgan fingerprint density at radius 1 is 1.35 bits per heavy atom. The van der Waals surface area contributed by atoms with E-state index in [1.807, 2.05) is 30.3 Å². The summed E-state index contributed by atoms with van der Waals surface area (Å²) in [6, 6.07) is 9.75. The fourth-order valence-corrected chi connectivity index (χ4v) is 3.04. The van der Waals surface area contributed by atoms with Crippen LogP contribution in [0.4, 0.5) is 0 Å². The number of benzene rings is 1. The fraction of sp³-hybridized carbons (Fsp3) is 0.467. The predicted octanol–water partition coefficient (Wildman–Crippen LogP) is 1.49. The lowest BCUT2D eigenvalue weighted by Crippen LogP contribution is -2.37. The van der Waals surface area contributed by atoms with Gasteiger partial charge in [-0.1, -0.05) is 30.3 Å². The van der Waals surface area contributed by atoms with Gasteiger partial charge < -0.3 is 10.1 Å². The molecule has 0 spiro atoms. The second kappa shape index (κ2) is 5.89. The van der Waals surface area contributed by atoms with Crippen molar-refractivity contribution in [2.45, 2.75) is 31.4 Å². The number of carbonyl (C=O) groups excluding carboxylic acids is 1. The minimum absolute atomic E-state index is 0.0642. The van der Waals surface area contributed by atoms with E-state index in [0.717, 1.165) is 25.0 Å². The molecule has 1 aromatic carbocycles. The number of amides is 1. The molecule has 3 rings (SSSR count). The Morgan fingerprint density at radius 2 is 2.15 bits per heavy atom. The number of rotatable bonds is 4. The predicted molar refractivity (Wildman–Crippen MR) is 80.4 cm³/mol. The highest BCUT2D eigenvalue weighted by Crippen LogP contribution is 2.18. The summed E-state index contributed by atoms with van der Waals surface area (Å²) in [5.74, 6) is 0.0642. The molecule has 2 aliphatic heterocycles. The van der Waals surface area contributed by atoms with Crippen LogP contribution >= 0.6 is 12.2 Å². The summed E-state index contributed by atoms with van der Waals surface area (Å²) in [5.41, 5.74) is 1.14. The van der Waals surface area contributed by atoms with Gasteiger partial charge in [0.05, 0.1) is 12.6 Å². The van der Waals surface area contributed by atoms with E-state index in [-0.39, 0.29) is 18.1 Å². The van der Waals surface area contributed by atoms with Gasteiger partial charge >= 0.3 is 0 Å². The van der Waals surface area contributed by atoms with Gasteiger partial charge in [0.15, 0.2) is 5.11 Å². The van der Waals surface area contributed by atoms with Crippen molar-refractivity contribution in [2.75, 3.05) is 13.2 Å². The van der Waals surface area contributed by atoms with E-state index in [2.05, 4.69) is 5.32 Å². The molecule has 0 aliphatic carbocycles. The molecule has 20 heavy (non-hydrogen) atoms. The number of nitrogens with one attached hydrogen (secondary N) is 1. The van der Waals surface area contributed by atoms with Gasteiger partial charge in [0, 0.05) is 13.0 Å². The summed E-state index contributed by atoms with van der Waals surface area (Å²) in [5, 5.41) is 3.66. The van der Waals surface area contributed by atoms with Gasteiger partial charge in [-0.2, -0.15) is 0 Å². The number of thiocarbonyl (C=S) groups is 1. The summed E-state index contributed by atoms with van der Waals surface area (Å²) in [7, 11) is 0. The first-order valence-electron chi connectivity index (χ1n) is 7.01. The lowest BCUT2D eigenvalue weighted by Gasteiger charge is -2.18. The minimum Gasteiger partial charge on any atom is -0.376 e. The quantitative estimate of drug-likeness (QED) is 0.853. The Labute approximate surface area is 124 Å². The van der Waals surface area contributed by atoms with Crippen molar-refractivity contribution in [1.82, 2.24) is 10.2 Å². The Morgan fingerprint density at radius 3 is 2.85 bits per heavy atom. The molecule has 0 bridgehead atoms. The van der Waals surface area contributed by atoms with Crippen molar-refractivity contribution in [1.29, 1.82) is 0 Å². The lowest BCUT2D eigenvalue weighted by atomic mass is 10.1. The molecule has 0 saturated carbocycles. The van der Waals surface area contributed by atoms with E-state index in [4.69, 9.17) is 17.0 Å². The highest BCUT2D eigenvalue weighted by Gasteiger charge is 2.37. The van der Waals surface area contributed by atoms with Crippen molar-refractivity contribution >= 4 is 23.2 Å². The molecular weight excluding hydrogens is 272 g/mol. The molecule has 0 radical (unpaired) electrons. The monoisotopic (exact) mass is 290 g/mol. The number of carbonyl (C=O) groups is 1. The highest BCUT2D eigenvalue weighted by molar-refractivity contribution is 7.80. The minimum atomic E-state index is -0.244.